The van der Waals surface area contributed by atoms with Gasteiger partial charge in [-0.2, -0.15) is 5.10 Å². The van der Waals surface area contributed by atoms with Crippen molar-refractivity contribution in [1.82, 2.24) is 9.78 Å². The molecule has 1 fully saturated rings. The van der Waals surface area contributed by atoms with Crippen molar-refractivity contribution in [3.8, 4) is 0 Å². The molecule has 1 aliphatic heterocycles. The number of benzene rings is 1. The Kier molecular flexibility index (Phi) is 5.17. The third kappa shape index (κ3) is 4.07. The van der Waals surface area contributed by atoms with Gasteiger partial charge in [-0.05, 0) is 37.1 Å². The second-order valence-electron chi connectivity index (χ2n) is 6.03. The predicted molar refractivity (Wildman–Crippen MR) is 97.1 cm³/mol. The molecule has 1 saturated heterocycles. The number of carbonyl (C=O) groups is 1. The Morgan fingerprint density at radius 2 is 2.00 bits per heavy atom. The number of piperidine rings is 1. The van der Waals surface area contributed by atoms with Gasteiger partial charge in [-0.25, -0.2) is 9.07 Å². The summed E-state index contributed by atoms with van der Waals surface area (Å²) in [5.74, 6) is -0.0874. The molecule has 6 nitrogen and oxygen atoms in total. The summed E-state index contributed by atoms with van der Waals surface area (Å²) in [6.07, 6.45) is 1.29. The molecule has 0 unspecified atom stereocenters. The van der Waals surface area contributed by atoms with Gasteiger partial charge in [0.05, 0.1) is 5.69 Å². The molecule has 1 amide bonds. The van der Waals surface area contributed by atoms with Crippen LogP contribution in [0.1, 0.15) is 12.8 Å². The maximum absolute atomic E-state index is 13.8. The summed E-state index contributed by atoms with van der Waals surface area (Å²) in [5.41, 5.74) is 0.0323. The van der Waals surface area contributed by atoms with E-state index in [-0.39, 0.29) is 23.1 Å². The number of carbonyl (C=O) groups excluding carboxylic acids is 1. The monoisotopic (exact) mass is 408 g/mol. The molecule has 1 N–H and O–H groups in total. The fourth-order valence-electron chi connectivity index (χ4n) is 2.86. The van der Waals surface area contributed by atoms with Gasteiger partial charge in [-0.1, -0.05) is 15.9 Å². The van der Waals surface area contributed by atoms with Gasteiger partial charge in [0.2, 0.25) is 5.91 Å². The summed E-state index contributed by atoms with van der Waals surface area (Å²) in [6.45, 7) is 1.32. The van der Waals surface area contributed by atoms with Gasteiger partial charge in [0.1, 0.15) is 11.6 Å². The molecule has 1 aliphatic rings. The molecule has 1 aromatic heterocycles. The van der Waals surface area contributed by atoms with Crippen LogP contribution in [0.5, 0.6) is 0 Å². The van der Waals surface area contributed by atoms with E-state index >= 15 is 0 Å². The van der Waals surface area contributed by atoms with Crippen molar-refractivity contribution >= 4 is 33.3 Å². The standard InChI is InChI=1S/C17H18BrFN4O2/c1-22-16(24)5-4-15(21-22)23-8-6-11(7-9-23)17(25)20-14-3-2-12(18)10-13(14)19/h2-5,10-11H,6-9H2,1H3,(H,20,25). The summed E-state index contributed by atoms with van der Waals surface area (Å²) in [5, 5.41) is 6.89. The van der Waals surface area contributed by atoms with E-state index in [1.165, 1.54) is 16.8 Å². The Morgan fingerprint density at radius 1 is 1.28 bits per heavy atom. The summed E-state index contributed by atoms with van der Waals surface area (Å²) in [6, 6.07) is 7.73. The molecule has 0 bridgehead atoms. The van der Waals surface area contributed by atoms with E-state index in [0.29, 0.717) is 30.4 Å². The second kappa shape index (κ2) is 7.35. The summed E-state index contributed by atoms with van der Waals surface area (Å²) in [7, 11) is 1.61. The highest BCUT2D eigenvalue weighted by molar-refractivity contribution is 9.10. The Hall–Kier alpha value is -2.22. The molecule has 0 radical (unpaired) electrons. The lowest BCUT2D eigenvalue weighted by molar-refractivity contribution is -0.120. The van der Waals surface area contributed by atoms with Crippen molar-refractivity contribution < 1.29 is 9.18 Å². The highest BCUT2D eigenvalue weighted by Crippen LogP contribution is 2.24. The van der Waals surface area contributed by atoms with Gasteiger partial charge in [-0.3, -0.25) is 9.59 Å². The number of hydrogen-bond donors (Lipinski definition) is 1. The Bertz CT molecular complexity index is 847. The van der Waals surface area contributed by atoms with Gasteiger partial charge < -0.3 is 10.2 Å². The van der Waals surface area contributed by atoms with Crippen LogP contribution in [-0.4, -0.2) is 28.8 Å². The lowest BCUT2D eigenvalue weighted by Crippen LogP contribution is -2.39. The van der Waals surface area contributed by atoms with E-state index in [4.69, 9.17) is 0 Å². The molecule has 0 atom stereocenters. The predicted octanol–water partition coefficient (Wildman–Crippen LogP) is 2.54. The fourth-order valence-corrected chi connectivity index (χ4v) is 3.19. The molecule has 132 valence electrons. The highest BCUT2D eigenvalue weighted by atomic mass is 79.9. The van der Waals surface area contributed by atoms with Crippen molar-refractivity contribution in [2.45, 2.75) is 12.8 Å². The van der Waals surface area contributed by atoms with E-state index in [1.807, 2.05) is 4.90 Å². The van der Waals surface area contributed by atoms with Crippen LogP contribution in [0.25, 0.3) is 0 Å². The van der Waals surface area contributed by atoms with E-state index in [1.54, 1.807) is 25.2 Å². The lowest BCUT2D eigenvalue weighted by atomic mass is 9.96. The number of rotatable bonds is 3. The number of amides is 1. The van der Waals surface area contributed by atoms with Crippen LogP contribution in [0.15, 0.2) is 39.6 Å². The van der Waals surface area contributed by atoms with Crippen LogP contribution in [0, 0.1) is 11.7 Å². The van der Waals surface area contributed by atoms with Crippen LogP contribution in [0.4, 0.5) is 15.9 Å². The summed E-state index contributed by atoms with van der Waals surface area (Å²) < 4.78 is 15.8. The molecule has 2 heterocycles. The molecule has 0 aliphatic carbocycles. The third-order valence-corrected chi connectivity index (χ3v) is 4.82. The molecule has 2 aromatic rings. The van der Waals surface area contributed by atoms with Crippen LogP contribution in [-0.2, 0) is 11.8 Å². The van der Waals surface area contributed by atoms with E-state index in [9.17, 15) is 14.0 Å². The molecular weight excluding hydrogens is 391 g/mol. The van der Waals surface area contributed by atoms with Crippen LogP contribution in [0.3, 0.4) is 0 Å². The number of nitrogens with zero attached hydrogens (tertiary/aromatic N) is 3. The molecule has 3 rings (SSSR count). The minimum Gasteiger partial charge on any atom is -0.355 e. The summed E-state index contributed by atoms with van der Waals surface area (Å²) in [4.78, 5) is 25.8. The first-order chi connectivity index (χ1) is 11.9. The molecule has 8 heteroatoms. The van der Waals surface area contributed by atoms with Gasteiger partial charge in [0.15, 0.2) is 0 Å². The molecule has 1 aromatic carbocycles. The normalized spacial score (nSPS) is 15.2. The minimum absolute atomic E-state index is 0.158. The zero-order valence-corrected chi connectivity index (χ0v) is 15.3. The van der Waals surface area contributed by atoms with Gasteiger partial charge in [0.25, 0.3) is 5.56 Å². The van der Waals surface area contributed by atoms with E-state index < -0.39 is 5.82 Å². The minimum atomic E-state index is -0.463. The number of aromatic nitrogens is 2. The quantitative estimate of drug-likeness (QED) is 0.846. The average molecular weight is 409 g/mol. The second-order valence-corrected chi connectivity index (χ2v) is 6.94. The first-order valence-corrected chi connectivity index (χ1v) is 8.78. The van der Waals surface area contributed by atoms with Crippen molar-refractivity contribution in [2.75, 3.05) is 23.3 Å². The van der Waals surface area contributed by atoms with Crippen molar-refractivity contribution in [2.24, 2.45) is 13.0 Å². The highest BCUT2D eigenvalue weighted by Gasteiger charge is 2.26. The average Bonchev–Trinajstić information content (AvgIpc) is 2.60. The number of nitrogens with one attached hydrogen (secondary N) is 1. The number of aryl methyl sites for hydroxylation is 1. The molecular formula is C17H18BrFN4O2. The number of hydrogen-bond acceptors (Lipinski definition) is 4. The van der Waals surface area contributed by atoms with Crippen LogP contribution < -0.4 is 15.8 Å². The lowest BCUT2D eigenvalue weighted by Gasteiger charge is -2.32. The zero-order valence-electron chi connectivity index (χ0n) is 13.7. The maximum atomic E-state index is 13.8. The molecule has 0 saturated carbocycles. The Balaban J connectivity index is 1.60. The third-order valence-electron chi connectivity index (χ3n) is 4.33. The SMILES string of the molecule is Cn1nc(N2CCC(C(=O)Nc3ccc(Br)cc3F)CC2)ccc1=O. The van der Waals surface area contributed by atoms with Gasteiger partial charge in [0, 0.05) is 36.6 Å². The first-order valence-electron chi connectivity index (χ1n) is 7.99. The zero-order chi connectivity index (χ0) is 18.0. The van der Waals surface area contributed by atoms with Gasteiger partial charge >= 0.3 is 0 Å². The largest absolute Gasteiger partial charge is 0.355 e. The van der Waals surface area contributed by atoms with Crippen LogP contribution >= 0.6 is 15.9 Å². The van der Waals surface area contributed by atoms with Crippen molar-refractivity contribution in [1.29, 1.82) is 0 Å². The van der Waals surface area contributed by atoms with E-state index in [0.717, 1.165) is 5.82 Å². The fraction of sp³-hybridized carbons (Fsp3) is 0.353. The Labute approximate surface area is 152 Å². The topological polar surface area (TPSA) is 67.2 Å². The first kappa shape index (κ1) is 17.6. The van der Waals surface area contributed by atoms with Gasteiger partial charge in [-0.15, -0.1) is 0 Å². The molecule has 0 spiro atoms. The number of halogens is 2. The number of anilines is 2. The molecule has 25 heavy (non-hydrogen) atoms. The smallest absolute Gasteiger partial charge is 0.266 e. The Morgan fingerprint density at radius 3 is 2.64 bits per heavy atom. The van der Waals surface area contributed by atoms with E-state index in [2.05, 4.69) is 26.3 Å². The maximum Gasteiger partial charge on any atom is 0.266 e. The van der Waals surface area contributed by atoms with Crippen molar-refractivity contribution in [3.05, 3.63) is 51.0 Å². The summed E-state index contributed by atoms with van der Waals surface area (Å²) >= 11 is 3.19. The van der Waals surface area contributed by atoms with Crippen molar-refractivity contribution in [3.63, 3.8) is 0 Å². The van der Waals surface area contributed by atoms with Crippen LogP contribution in [0.2, 0.25) is 0 Å².